The van der Waals surface area contributed by atoms with Crippen LogP contribution in [0.1, 0.15) is 38.2 Å². The third-order valence-corrected chi connectivity index (χ3v) is 4.99. The summed E-state index contributed by atoms with van der Waals surface area (Å²) in [7, 11) is 0. The standard InChI is InChI=1S/C21H28N2O2/c1-17-6-2-3-7-20(17)25-15-12-22-21(24)16-18-8-10-19(11-9-18)23-13-4-5-14-23/h4-5,8-11,13-14,17,20H,2-3,6-7,12,15-16H2,1H3,(H,22,24). The Bertz CT molecular complexity index is 649. The average molecular weight is 340 g/mol. The van der Waals surface area contributed by atoms with E-state index in [1.54, 1.807) is 0 Å². The predicted molar refractivity (Wildman–Crippen MR) is 99.9 cm³/mol. The molecule has 25 heavy (non-hydrogen) atoms. The summed E-state index contributed by atoms with van der Waals surface area (Å²) in [5, 5.41) is 2.96. The molecule has 0 radical (unpaired) electrons. The van der Waals surface area contributed by atoms with Crippen molar-refractivity contribution in [2.75, 3.05) is 13.2 Å². The molecule has 1 N–H and O–H groups in total. The molecule has 1 amide bonds. The molecule has 2 aromatic rings. The number of hydrogen-bond acceptors (Lipinski definition) is 2. The number of rotatable bonds is 7. The molecule has 1 aliphatic rings. The zero-order valence-electron chi connectivity index (χ0n) is 15.0. The monoisotopic (exact) mass is 340 g/mol. The Labute approximate surface area is 150 Å². The van der Waals surface area contributed by atoms with E-state index in [-0.39, 0.29) is 5.91 Å². The van der Waals surface area contributed by atoms with Gasteiger partial charge in [0.2, 0.25) is 5.91 Å². The van der Waals surface area contributed by atoms with E-state index in [4.69, 9.17) is 4.74 Å². The molecule has 1 heterocycles. The van der Waals surface area contributed by atoms with Crippen LogP contribution in [0.2, 0.25) is 0 Å². The molecule has 4 nitrogen and oxygen atoms in total. The molecule has 4 heteroatoms. The Morgan fingerprint density at radius 3 is 2.60 bits per heavy atom. The number of ether oxygens (including phenoxy) is 1. The minimum Gasteiger partial charge on any atom is -0.376 e. The zero-order valence-corrected chi connectivity index (χ0v) is 15.0. The molecule has 0 spiro atoms. The third-order valence-electron chi connectivity index (χ3n) is 4.99. The van der Waals surface area contributed by atoms with Crippen LogP contribution in [0.4, 0.5) is 0 Å². The van der Waals surface area contributed by atoms with Crippen LogP contribution in [0.5, 0.6) is 0 Å². The van der Waals surface area contributed by atoms with Gasteiger partial charge in [-0.1, -0.05) is 31.9 Å². The van der Waals surface area contributed by atoms with Gasteiger partial charge in [0, 0.05) is 24.6 Å². The smallest absolute Gasteiger partial charge is 0.224 e. The molecule has 1 saturated carbocycles. The van der Waals surface area contributed by atoms with Crippen molar-refractivity contribution < 1.29 is 9.53 Å². The second kappa shape index (κ2) is 8.86. The number of nitrogens with one attached hydrogen (secondary N) is 1. The molecule has 0 bridgehead atoms. The highest BCUT2D eigenvalue weighted by molar-refractivity contribution is 5.78. The van der Waals surface area contributed by atoms with Crippen molar-refractivity contribution in [2.24, 2.45) is 5.92 Å². The Morgan fingerprint density at radius 2 is 1.88 bits per heavy atom. The lowest BCUT2D eigenvalue weighted by molar-refractivity contribution is -0.120. The van der Waals surface area contributed by atoms with Crippen molar-refractivity contribution in [3.63, 3.8) is 0 Å². The van der Waals surface area contributed by atoms with Crippen LogP contribution in [0, 0.1) is 5.92 Å². The summed E-state index contributed by atoms with van der Waals surface area (Å²) in [6.07, 6.45) is 9.79. The van der Waals surface area contributed by atoms with Crippen molar-refractivity contribution in [3.8, 4) is 5.69 Å². The number of hydrogen-bond donors (Lipinski definition) is 1. The molecule has 1 aliphatic carbocycles. The molecule has 1 aromatic heterocycles. The van der Waals surface area contributed by atoms with Gasteiger partial charge in [0.05, 0.1) is 19.1 Å². The third kappa shape index (κ3) is 5.20. The number of carbonyl (C=O) groups excluding carboxylic acids is 1. The molecular formula is C21H28N2O2. The van der Waals surface area contributed by atoms with Crippen LogP contribution in [0.3, 0.4) is 0 Å². The first-order valence-corrected chi connectivity index (χ1v) is 9.33. The van der Waals surface area contributed by atoms with Crippen LogP contribution >= 0.6 is 0 Å². The molecule has 0 saturated heterocycles. The Balaban J connectivity index is 1.37. The lowest BCUT2D eigenvalue weighted by atomic mass is 9.88. The van der Waals surface area contributed by atoms with Gasteiger partial charge < -0.3 is 14.6 Å². The molecule has 1 aromatic carbocycles. The maximum atomic E-state index is 12.1. The minimum atomic E-state index is 0.0500. The zero-order chi connectivity index (χ0) is 17.5. The number of amides is 1. The van der Waals surface area contributed by atoms with Gasteiger partial charge >= 0.3 is 0 Å². The number of aromatic nitrogens is 1. The molecule has 134 valence electrons. The normalized spacial score (nSPS) is 20.4. The highest BCUT2D eigenvalue weighted by atomic mass is 16.5. The fraction of sp³-hybridized carbons (Fsp3) is 0.476. The van der Waals surface area contributed by atoms with Crippen molar-refractivity contribution in [1.29, 1.82) is 0 Å². The van der Waals surface area contributed by atoms with Crippen LogP contribution in [-0.4, -0.2) is 29.7 Å². The first-order valence-electron chi connectivity index (χ1n) is 9.33. The van der Waals surface area contributed by atoms with E-state index in [0.29, 0.717) is 31.6 Å². The number of nitrogens with zero attached hydrogens (tertiary/aromatic N) is 1. The second-order valence-corrected chi connectivity index (χ2v) is 6.95. The van der Waals surface area contributed by atoms with Gasteiger partial charge in [0.25, 0.3) is 0 Å². The van der Waals surface area contributed by atoms with Crippen molar-refractivity contribution in [1.82, 2.24) is 9.88 Å². The van der Waals surface area contributed by atoms with Gasteiger partial charge in [-0.15, -0.1) is 0 Å². The topological polar surface area (TPSA) is 43.3 Å². The van der Waals surface area contributed by atoms with Crippen LogP contribution < -0.4 is 5.32 Å². The summed E-state index contributed by atoms with van der Waals surface area (Å²) < 4.78 is 7.98. The van der Waals surface area contributed by atoms with Crippen molar-refractivity contribution in [3.05, 3.63) is 54.4 Å². The van der Waals surface area contributed by atoms with Gasteiger partial charge in [0.1, 0.15) is 0 Å². The Morgan fingerprint density at radius 1 is 1.16 bits per heavy atom. The first-order chi connectivity index (χ1) is 12.2. The van der Waals surface area contributed by atoms with E-state index < -0.39 is 0 Å². The Kier molecular flexibility index (Phi) is 6.29. The number of benzene rings is 1. The van der Waals surface area contributed by atoms with Gasteiger partial charge in [-0.3, -0.25) is 4.79 Å². The highest BCUT2D eigenvalue weighted by Crippen LogP contribution is 2.25. The van der Waals surface area contributed by atoms with Crippen molar-refractivity contribution >= 4 is 5.91 Å². The van der Waals surface area contributed by atoms with E-state index in [1.165, 1.54) is 19.3 Å². The SMILES string of the molecule is CC1CCCCC1OCCNC(=O)Cc1ccc(-n2cccc2)cc1. The fourth-order valence-corrected chi connectivity index (χ4v) is 3.47. The number of carbonyl (C=O) groups is 1. The summed E-state index contributed by atoms with van der Waals surface area (Å²) in [5.41, 5.74) is 2.12. The lowest BCUT2D eigenvalue weighted by Gasteiger charge is -2.28. The average Bonchev–Trinajstić information content (AvgIpc) is 3.15. The van der Waals surface area contributed by atoms with E-state index >= 15 is 0 Å². The van der Waals surface area contributed by atoms with Crippen LogP contribution in [0.25, 0.3) is 5.69 Å². The summed E-state index contributed by atoms with van der Waals surface area (Å²) >= 11 is 0. The lowest BCUT2D eigenvalue weighted by Crippen LogP contribution is -2.32. The molecule has 2 atom stereocenters. The molecular weight excluding hydrogens is 312 g/mol. The summed E-state index contributed by atoms with van der Waals surface area (Å²) in [6.45, 7) is 3.45. The van der Waals surface area contributed by atoms with Gasteiger partial charge in [-0.2, -0.15) is 0 Å². The summed E-state index contributed by atoms with van der Waals surface area (Å²) in [6, 6.07) is 12.1. The minimum absolute atomic E-state index is 0.0500. The van der Waals surface area contributed by atoms with Crippen LogP contribution in [-0.2, 0) is 16.0 Å². The largest absolute Gasteiger partial charge is 0.376 e. The maximum Gasteiger partial charge on any atom is 0.224 e. The molecule has 3 rings (SSSR count). The van der Waals surface area contributed by atoms with Gasteiger partial charge in [0.15, 0.2) is 0 Å². The van der Waals surface area contributed by atoms with Crippen LogP contribution in [0.15, 0.2) is 48.8 Å². The predicted octanol–water partition coefficient (Wildman–Crippen LogP) is 3.73. The first kappa shape index (κ1) is 17.7. The highest BCUT2D eigenvalue weighted by Gasteiger charge is 2.21. The summed E-state index contributed by atoms with van der Waals surface area (Å²) in [4.78, 5) is 12.1. The van der Waals surface area contributed by atoms with E-state index in [0.717, 1.165) is 17.7 Å². The Hall–Kier alpha value is -2.07. The van der Waals surface area contributed by atoms with Crippen molar-refractivity contribution in [2.45, 2.75) is 45.1 Å². The quantitative estimate of drug-likeness (QED) is 0.781. The van der Waals surface area contributed by atoms with E-state index in [1.807, 2.05) is 53.4 Å². The fourth-order valence-electron chi connectivity index (χ4n) is 3.47. The van der Waals surface area contributed by atoms with Gasteiger partial charge in [-0.05, 0) is 48.6 Å². The molecule has 2 unspecified atom stereocenters. The molecule has 1 fully saturated rings. The summed E-state index contributed by atoms with van der Waals surface area (Å²) in [5.74, 6) is 0.692. The van der Waals surface area contributed by atoms with E-state index in [2.05, 4.69) is 12.2 Å². The van der Waals surface area contributed by atoms with Gasteiger partial charge in [-0.25, -0.2) is 0 Å². The molecule has 0 aliphatic heterocycles. The van der Waals surface area contributed by atoms with E-state index in [9.17, 15) is 4.79 Å². The second-order valence-electron chi connectivity index (χ2n) is 6.95. The maximum absolute atomic E-state index is 12.1.